The van der Waals surface area contributed by atoms with Crippen molar-refractivity contribution >= 4 is 27.4 Å². The van der Waals surface area contributed by atoms with Crippen LogP contribution in [0.25, 0.3) is 0 Å². The normalized spacial score (nSPS) is 11.1. The van der Waals surface area contributed by atoms with Crippen molar-refractivity contribution in [2.45, 2.75) is 6.92 Å². The van der Waals surface area contributed by atoms with E-state index in [0.717, 1.165) is 0 Å². The minimum Gasteiger partial charge on any atom is -0.462 e. The minimum absolute atomic E-state index is 0.0924. The maximum atomic E-state index is 11.7. The standard InChI is InChI=1S/C11H17N3O4S/c1-2-18-11(15)9-7-8(12)3-4-10(9)14-5-6-19(13,16)17/h3-4,7,14H,2,5-6,12H2,1H3,(H2,13,16,17). The molecule has 7 nitrogen and oxygen atoms in total. The average molecular weight is 287 g/mol. The van der Waals surface area contributed by atoms with Crippen molar-refractivity contribution in [1.29, 1.82) is 0 Å². The Hall–Kier alpha value is -1.80. The molecule has 0 saturated heterocycles. The maximum Gasteiger partial charge on any atom is 0.340 e. The van der Waals surface area contributed by atoms with Gasteiger partial charge in [-0.25, -0.2) is 18.4 Å². The predicted octanol–water partition coefficient (Wildman–Crippen LogP) is 0.146. The van der Waals surface area contributed by atoms with Gasteiger partial charge in [-0.3, -0.25) is 0 Å². The number of hydrogen-bond donors (Lipinski definition) is 3. The van der Waals surface area contributed by atoms with Gasteiger partial charge >= 0.3 is 5.97 Å². The fourth-order valence-corrected chi connectivity index (χ4v) is 1.81. The summed E-state index contributed by atoms with van der Waals surface area (Å²) in [6, 6.07) is 4.66. The van der Waals surface area contributed by atoms with Crippen molar-refractivity contribution in [3.8, 4) is 0 Å². The maximum absolute atomic E-state index is 11.7. The molecular weight excluding hydrogens is 270 g/mol. The quantitative estimate of drug-likeness (QED) is 0.505. The van der Waals surface area contributed by atoms with E-state index in [4.69, 9.17) is 15.6 Å². The first-order chi connectivity index (χ1) is 8.83. The number of rotatable bonds is 6. The van der Waals surface area contributed by atoms with E-state index >= 15 is 0 Å². The zero-order valence-corrected chi connectivity index (χ0v) is 11.4. The molecule has 0 aliphatic carbocycles. The Kier molecular flexibility index (Phi) is 5.13. The number of carbonyl (C=O) groups is 1. The molecule has 0 heterocycles. The molecule has 106 valence electrons. The fourth-order valence-electron chi connectivity index (χ4n) is 1.42. The molecule has 0 aliphatic rings. The van der Waals surface area contributed by atoms with Crippen molar-refractivity contribution in [2.75, 3.05) is 30.0 Å². The molecule has 5 N–H and O–H groups in total. The molecule has 1 rings (SSSR count). The highest BCUT2D eigenvalue weighted by Gasteiger charge is 2.13. The number of hydrogen-bond acceptors (Lipinski definition) is 6. The number of nitrogens with two attached hydrogens (primary N) is 2. The number of ether oxygens (including phenoxy) is 1. The van der Waals surface area contributed by atoms with Crippen LogP contribution in [0.2, 0.25) is 0 Å². The van der Waals surface area contributed by atoms with Gasteiger partial charge in [-0.15, -0.1) is 0 Å². The number of carbonyl (C=O) groups excluding carboxylic acids is 1. The van der Waals surface area contributed by atoms with Crippen molar-refractivity contribution in [3.63, 3.8) is 0 Å². The molecule has 0 atom stereocenters. The van der Waals surface area contributed by atoms with Crippen molar-refractivity contribution in [1.82, 2.24) is 0 Å². The lowest BCUT2D eigenvalue weighted by molar-refractivity contribution is 0.0527. The number of esters is 1. The number of anilines is 2. The van der Waals surface area contributed by atoms with Gasteiger partial charge in [0.1, 0.15) is 0 Å². The summed E-state index contributed by atoms with van der Waals surface area (Å²) in [5.41, 5.74) is 6.74. The Balaban J connectivity index is 2.85. The molecule has 0 bridgehead atoms. The number of primary sulfonamides is 1. The second kappa shape index (κ2) is 6.39. The molecule has 19 heavy (non-hydrogen) atoms. The number of nitrogens with one attached hydrogen (secondary N) is 1. The van der Waals surface area contributed by atoms with Gasteiger partial charge in [0.2, 0.25) is 10.0 Å². The first-order valence-corrected chi connectivity index (χ1v) is 7.36. The monoisotopic (exact) mass is 287 g/mol. The first kappa shape index (κ1) is 15.3. The summed E-state index contributed by atoms with van der Waals surface area (Å²) < 4.78 is 26.5. The Bertz CT molecular complexity index is 557. The molecule has 0 amide bonds. The average Bonchev–Trinajstić information content (AvgIpc) is 2.29. The molecule has 8 heteroatoms. The molecule has 0 spiro atoms. The summed E-state index contributed by atoms with van der Waals surface area (Å²) in [5, 5.41) is 7.71. The van der Waals surface area contributed by atoms with Crippen LogP contribution < -0.4 is 16.2 Å². The molecule has 0 aliphatic heterocycles. The van der Waals surface area contributed by atoms with Crippen molar-refractivity contribution in [2.24, 2.45) is 5.14 Å². The largest absolute Gasteiger partial charge is 0.462 e. The van der Waals surface area contributed by atoms with Crippen molar-refractivity contribution in [3.05, 3.63) is 23.8 Å². The molecule has 0 aromatic heterocycles. The third kappa shape index (κ3) is 5.14. The molecule has 1 aromatic carbocycles. The van der Waals surface area contributed by atoms with E-state index in [9.17, 15) is 13.2 Å². The smallest absolute Gasteiger partial charge is 0.340 e. The van der Waals surface area contributed by atoms with Crippen LogP contribution in [-0.2, 0) is 14.8 Å². The lowest BCUT2D eigenvalue weighted by atomic mass is 10.1. The van der Waals surface area contributed by atoms with Crippen molar-refractivity contribution < 1.29 is 17.9 Å². The Morgan fingerprint density at radius 2 is 2.11 bits per heavy atom. The number of nitrogen functional groups attached to an aromatic ring is 1. The Labute approximate surface area is 112 Å². The van der Waals surface area contributed by atoms with Gasteiger partial charge < -0.3 is 15.8 Å². The topological polar surface area (TPSA) is 125 Å². The lowest BCUT2D eigenvalue weighted by Gasteiger charge is -2.11. The summed E-state index contributed by atoms with van der Waals surface area (Å²) in [6.45, 7) is 2.03. The van der Waals surface area contributed by atoms with Gasteiger partial charge in [0.15, 0.2) is 0 Å². The summed E-state index contributed by atoms with van der Waals surface area (Å²) in [4.78, 5) is 11.7. The Morgan fingerprint density at radius 1 is 1.42 bits per heavy atom. The zero-order chi connectivity index (χ0) is 14.5. The van der Waals surface area contributed by atoms with Crippen LogP contribution in [0.1, 0.15) is 17.3 Å². The van der Waals surface area contributed by atoms with Gasteiger partial charge in [0.05, 0.1) is 17.9 Å². The molecule has 0 fully saturated rings. The number of benzene rings is 1. The van der Waals surface area contributed by atoms with E-state index in [-0.39, 0.29) is 24.5 Å². The van der Waals surface area contributed by atoms with E-state index in [1.807, 2.05) is 0 Å². The third-order valence-corrected chi connectivity index (χ3v) is 3.01. The van der Waals surface area contributed by atoms with Gasteiger partial charge in [0.25, 0.3) is 0 Å². The molecular formula is C11H17N3O4S. The molecule has 0 radical (unpaired) electrons. The van der Waals surface area contributed by atoms with Gasteiger partial charge in [-0.2, -0.15) is 0 Å². The van der Waals surface area contributed by atoms with Crippen LogP contribution in [0.5, 0.6) is 0 Å². The van der Waals surface area contributed by atoms with Crippen LogP contribution in [-0.4, -0.2) is 33.3 Å². The summed E-state index contributed by atoms with van der Waals surface area (Å²) in [5.74, 6) is -0.757. The van der Waals surface area contributed by atoms with E-state index in [0.29, 0.717) is 11.4 Å². The van der Waals surface area contributed by atoms with Crippen LogP contribution >= 0.6 is 0 Å². The first-order valence-electron chi connectivity index (χ1n) is 5.64. The van der Waals surface area contributed by atoms with Crippen LogP contribution in [0.15, 0.2) is 18.2 Å². The summed E-state index contributed by atoms with van der Waals surface area (Å²) >= 11 is 0. The van der Waals surface area contributed by atoms with Crippen LogP contribution in [0, 0.1) is 0 Å². The lowest BCUT2D eigenvalue weighted by Crippen LogP contribution is -2.23. The molecule has 1 aromatic rings. The predicted molar refractivity (Wildman–Crippen MR) is 73.3 cm³/mol. The highest BCUT2D eigenvalue weighted by Crippen LogP contribution is 2.19. The SMILES string of the molecule is CCOC(=O)c1cc(N)ccc1NCCS(N)(=O)=O. The molecule has 0 unspecified atom stereocenters. The van der Waals surface area contributed by atoms with Gasteiger partial charge in [0, 0.05) is 17.9 Å². The van der Waals surface area contributed by atoms with E-state index in [1.54, 1.807) is 19.1 Å². The number of sulfonamides is 1. The summed E-state index contributed by atoms with van der Waals surface area (Å²) in [7, 11) is -3.55. The van der Waals surface area contributed by atoms with E-state index in [2.05, 4.69) is 5.32 Å². The van der Waals surface area contributed by atoms with Crippen LogP contribution in [0.3, 0.4) is 0 Å². The van der Waals surface area contributed by atoms with Gasteiger partial charge in [-0.05, 0) is 25.1 Å². The highest BCUT2D eigenvalue weighted by atomic mass is 32.2. The zero-order valence-electron chi connectivity index (χ0n) is 10.5. The van der Waals surface area contributed by atoms with E-state index < -0.39 is 16.0 Å². The summed E-state index contributed by atoms with van der Waals surface area (Å²) in [6.07, 6.45) is 0. The molecule has 0 saturated carbocycles. The van der Waals surface area contributed by atoms with Crippen LogP contribution in [0.4, 0.5) is 11.4 Å². The fraction of sp³-hybridized carbons (Fsp3) is 0.364. The van der Waals surface area contributed by atoms with E-state index in [1.165, 1.54) is 6.07 Å². The Morgan fingerprint density at radius 3 is 2.68 bits per heavy atom. The van der Waals surface area contributed by atoms with Gasteiger partial charge in [-0.1, -0.05) is 0 Å². The second-order valence-electron chi connectivity index (χ2n) is 3.82. The minimum atomic E-state index is -3.55. The third-order valence-electron chi connectivity index (χ3n) is 2.24. The highest BCUT2D eigenvalue weighted by molar-refractivity contribution is 7.89. The second-order valence-corrected chi connectivity index (χ2v) is 5.55.